The van der Waals surface area contributed by atoms with Crippen LogP contribution in [0.15, 0.2) is 22.7 Å². The van der Waals surface area contributed by atoms with Crippen molar-refractivity contribution in [2.45, 2.75) is 13.3 Å². The molecule has 72 valence electrons. The van der Waals surface area contributed by atoms with E-state index < -0.39 is 0 Å². The van der Waals surface area contributed by atoms with Crippen molar-refractivity contribution in [3.05, 3.63) is 22.7 Å². The molecule has 0 unspecified atom stereocenters. The van der Waals surface area contributed by atoms with Crippen LogP contribution in [0.25, 0.3) is 0 Å². The van der Waals surface area contributed by atoms with E-state index in [1.165, 1.54) is 0 Å². The van der Waals surface area contributed by atoms with Crippen LogP contribution in [0.3, 0.4) is 0 Å². The number of hydrogen-bond acceptors (Lipinski definition) is 2. The zero-order valence-electron chi connectivity index (χ0n) is 7.84. The third kappa shape index (κ3) is 2.92. The van der Waals surface area contributed by atoms with E-state index in [1.807, 2.05) is 18.2 Å². The predicted molar refractivity (Wildman–Crippen MR) is 56.5 cm³/mol. The Morgan fingerprint density at radius 2 is 2.15 bits per heavy atom. The van der Waals surface area contributed by atoms with Gasteiger partial charge in [0, 0.05) is 6.07 Å². The molecule has 13 heavy (non-hydrogen) atoms. The van der Waals surface area contributed by atoms with Gasteiger partial charge in [0.15, 0.2) is 0 Å². The molecule has 1 aromatic rings. The van der Waals surface area contributed by atoms with Crippen molar-refractivity contribution in [1.82, 2.24) is 0 Å². The van der Waals surface area contributed by atoms with Crippen molar-refractivity contribution in [1.29, 1.82) is 0 Å². The molecular formula is C10H13BrO2. The molecule has 0 fully saturated rings. The Kier molecular flexibility index (Phi) is 4.09. The van der Waals surface area contributed by atoms with E-state index in [9.17, 15) is 0 Å². The Labute approximate surface area is 87.0 Å². The highest BCUT2D eigenvalue weighted by atomic mass is 79.9. The summed E-state index contributed by atoms with van der Waals surface area (Å²) in [5, 5.41) is 0. The molecule has 1 rings (SSSR count). The van der Waals surface area contributed by atoms with Crippen LogP contribution in [0.2, 0.25) is 0 Å². The first-order valence-electron chi connectivity index (χ1n) is 4.24. The highest BCUT2D eigenvalue weighted by molar-refractivity contribution is 9.10. The summed E-state index contributed by atoms with van der Waals surface area (Å²) in [6.45, 7) is 2.82. The van der Waals surface area contributed by atoms with Crippen molar-refractivity contribution < 1.29 is 9.47 Å². The molecule has 0 aromatic heterocycles. The maximum atomic E-state index is 5.45. The Hall–Kier alpha value is -0.700. The van der Waals surface area contributed by atoms with E-state index >= 15 is 0 Å². The Morgan fingerprint density at radius 3 is 2.77 bits per heavy atom. The summed E-state index contributed by atoms with van der Waals surface area (Å²) >= 11 is 3.38. The molecule has 0 aliphatic rings. The molecule has 0 amide bonds. The predicted octanol–water partition coefficient (Wildman–Crippen LogP) is 3.25. The van der Waals surface area contributed by atoms with Crippen LogP contribution < -0.4 is 9.47 Å². The first kappa shape index (κ1) is 10.4. The van der Waals surface area contributed by atoms with E-state index in [1.54, 1.807) is 7.11 Å². The lowest BCUT2D eigenvalue weighted by molar-refractivity contribution is 0.314. The van der Waals surface area contributed by atoms with Crippen LogP contribution in [0, 0.1) is 0 Å². The number of halogens is 1. The Morgan fingerprint density at radius 1 is 1.38 bits per heavy atom. The summed E-state index contributed by atoms with van der Waals surface area (Å²) in [4.78, 5) is 0. The lowest BCUT2D eigenvalue weighted by Crippen LogP contribution is -1.95. The fourth-order valence-electron chi connectivity index (χ4n) is 0.950. The SMILES string of the molecule is CCCOc1ccc(Br)c(OC)c1. The average molecular weight is 245 g/mol. The molecule has 0 heterocycles. The minimum Gasteiger partial charge on any atom is -0.495 e. The number of methoxy groups -OCH3 is 1. The number of ether oxygens (including phenoxy) is 2. The van der Waals surface area contributed by atoms with Gasteiger partial charge in [-0.3, -0.25) is 0 Å². The van der Waals surface area contributed by atoms with E-state index in [0.29, 0.717) is 0 Å². The van der Waals surface area contributed by atoms with E-state index in [0.717, 1.165) is 29.0 Å². The quantitative estimate of drug-likeness (QED) is 0.810. The molecule has 1 aromatic carbocycles. The van der Waals surface area contributed by atoms with Gasteiger partial charge in [0.2, 0.25) is 0 Å². The molecular weight excluding hydrogens is 232 g/mol. The second-order valence-corrected chi connectivity index (χ2v) is 3.50. The summed E-state index contributed by atoms with van der Waals surface area (Å²) in [5.41, 5.74) is 0. The van der Waals surface area contributed by atoms with Crippen LogP contribution in [-0.2, 0) is 0 Å². The van der Waals surface area contributed by atoms with Crippen LogP contribution in [0.1, 0.15) is 13.3 Å². The summed E-state index contributed by atoms with van der Waals surface area (Å²) < 4.78 is 11.5. The third-order valence-electron chi connectivity index (χ3n) is 1.60. The Balaban J connectivity index is 2.74. The zero-order chi connectivity index (χ0) is 9.68. The van der Waals surface area contributed by atoms with E-state index in [-0.39, 0.29) is 0 Å². The molecule has 0 radical (unpaired) electrons. The van der Waals surface area contributed by atoms with Crippen molar-refractivity contribution in [2.24, 2.45) is 0 Å². The van der Waals surface area contributed by atoms with Gasteiger partial charge in [-0.2, -0.15) is 0 Å². The minimum absolute atomic E-state index is 0.741. The smallest absolute Gasteiger partial charge is 0.136 e. The molecule has 0 aliphatic heterocycles. The monoisotopic (exact) mass is 244 g/mol. The van der Waals surface area contributed by atoms with Gasteiger partial charge < -0.3 is 9.47 Å². The molecule has 3 heteroatoms. The van der Waals surface area contributed by atoms with Crippen LogP contribution in [0.5, 0.6) is 11.5 Å². The lowest BCUT2D eigenvalue weighted by Gasteiger charge is -2.07. The summed E-state index contributed by atoms with van der Waals surface area (Å²) in [7, 11) is 1.64. The van der Waals surface area contributed by atoms with Crippen molar-refractivity contribution >= 4 is 15.9 Å². The molecule has 0 N–H and O–H groups in total. The van der Waals surface area contributed by atoms with Gasteiger partial charge in [0.05, 0.1) is 18.2 Å². The summed E-state index contributed by atoms with van der Waals surface area (Å²) in [6.07, 6.45) is 1.01. The van der Waals surface area contributed by atoms with Gasteiger partial charge >= 0.3 is 0 Å². The highest BCUT2D eigenvalue weighted by Crippen LogP contribution is 2.28. The molecule has 0 aliphatic carbocycles. The molecule has 0 bridgehead atoms. The van der Waals surface area contributed by atoms with Gasteiger partial charge in [-0.1, -0.05) is 6.92 Å². The molecule has 0 saturated heterocycles. The van der Waals surface area contributed by atoms with Crippen LogP contribution >= 0.6 is 15.9 Å². The fourth-order valence-corrected chi connectivity index (χ4v) is 1.36. The fraction of sp³-hybridized carbons (Fsp3) is 0.400. The van der Waals surface area contributed by atoms with Gasteiger partial charge in [0.25, 0.3) is 0 Å². The molecule has 2 nitrogen and oxygen atoms in total. The van der Waals surface area contributed by atoms with Crippen molar-refractivity contribution in [3.63, 3.8) is 0 Å². The maximum Gasteiger partial charge on any atom is 0.136 e. The average Bonchev–Trinajstić information content (AvgIpc) is 2.16. The second kappa shape index (κ2) is 5.12. The molecule has 0 saturated carbocycles. The van der Waals surface area contributed by atoms with Gasteiger partial charge in [0.1, 0.15) is 11.5 Å². The van der Waals surface area contributed by atoms with Crippen molar-refractivity contribution in [2.75, 3.05) is 13.7 Å². The molecule has 0 spiro atoms. The number of hydrogen-bond donors (Lipinski definition) is 0. The lowest BCUT2D eigenvalue weighted by atomic mass is 10.3. The normalized spacial score (nSPS) is 9.77. The summed E-state index contributed by atoms with van der Waals surface area (Å²) in [6, 6.07) is 5.71. The Bertz CT molecular complexity index is 274. The summed E-state index contributed by atoms with van der Waals surface area (Å²) in [5.74, 6) is 1.65. The third-order valence-corrected chi connectivity index (χ3v) is 2.25. The highest BCUT2D eigenvalue weighted by Gasteiger charge is 2.01. The first-order valence-corrected chi connectivity index (χ1v) is 5.03. The number of benzene rings is 1. The largest absolute Gasteiger partial charge is 0.495 e. The van der Waals surface area contributed by atoms with Crippen LogP contribution in [0.4, 0.5) is 0 Å². The van der Waals surface area contributed by atoms with Crippen LogP contribution in [-0.4, -0.2) is 13.7 Å². The second-order valence-electron chi connectivity index (χ2n) is 2.64. The van der Waals surface area contributed by atoms with Gasteiger partial charge in [-0.25, -0.2) is 0 Å². The van der Waals surface area contributed by atoms with Gasteiger partial charge in [-0.15, -0.1) is 0 Å². The molecule has 0 atom stereocenters. The number of rotatable bonds is 4. The van der Waals surface area contributed by atoms with E-state index in [4.69, 9.17) is 9.47 Å². The topological polar surface area (TPSA) is 18.5 Å². The standard InChI is InChI=1S/C10H13BrO2/c1-3-6-13-8-4-5-9(11)10(7-8)12-2/h4-5,7H,3,6H2,1-2H3. The van der Waals surface area contributed by atoms with E-state index in [2.05, 4.69) is 22.9 Å². The minimum atomic E-state index is 0.741. The van der Waals surface area contributed by atoms with Crippen molar-refractivity contribution in [3.8, 4) is 11.5 Å². The van der Waals surface area contributed by atoms with Gasteiger partial charge in [-0.05, 0) is 34.5 Å². The zero-order valence-corrected chi connectivity index (χ0v) is 9.43. The maximum absolute atomic E-state index is 5.45. The first-order chi connectivity index (χ1) is 6.27.